The predicted octanol–water partition coefficient (Wildman–Crippen LogP) is 5.99. The van der Waals surface area contributed by atoms with E-state index < -0.39 is 0 Å². The number of hydrogen-bond acceptors (Lipinski definition) is 2. The molecule has 0 aromatic heterocycles. The molecule has 31 heavy (non-hydrogen) atoms. The van der Waals surface area contributed by atoms with Crippen LogP contribution in [0.4, 0.5) is 0 Å². The molecule has 4 aliphatic rings. The monoisotopic (exact) mass is 416 g/mol. The van der Waals surface area contributed by atoms with Gasteiger partial charge in [0, 0.05) is 25.0 Å². The van der Waals surface area contributed by atoms with Crippen molar-refractivity contribution in [1.82, 2.24) is 10.6 Å². The van der Waals surface area contributed by atoms with E-state index in [-0.39, 0.29) is 0 Å². The van der Waals surface area contributed by atoms with Crippen molar-refractivity contribution < 1.29 is 0 Å². The molecule has 4 bridgehead atoms. The minimum atomic E-state index is 0.463. The largest absolute Gasteiger partial charge is 0.315 e. The lowest BCUT2D eigenvalue weighted by molar-refractivity contribution is -0.0522. The van der Waals surface area contributed by atoms with Crippen LogP contribution in [-0.4, -0.2) is 25.7 Å². The average molecular weight is 417 g/mol. The van der Waals surface area contributed by atoms with E-state index in [9.17, 15) is 0 Å². The van der Waals surface area contributed by atoms with Crippen LogP contribution < -0.4 is 10.6 Å². The van der Waals surface area contributed by atoms with Gasteiger partial charge in [0.25, 0.3) is 0 Å². The smallest absolute Gasteiger partial charge is 0.0164 e. The Labute approximate surface area is 189 Å². The molecule has 1 unspecified atom stereocenters. The lowest BCUT2D eigenvalue weighted by atomic mass is 9.49. The SMILES string of the molecule is CC(CNCCC(c1ccccc1)c1ccccc1)NCC12CC3CC(CC(C3)C1)C2. The molecule has 2 N–H and O–H groups in total. The topological polar surface area (TPSA) is 24.1 Å². The fourth-order valence-electron chi connectivity index (χ4n) is 7.43. The highest BCUT2D eigenvalue weighted by Crippen LogP contribution is 2.59. The number of hydrogen-bond donors (Lipinski definition) is 2. The van der Waals surface area contributed by atoms with Crippen molar-refractivity contribution in [3.8, 4) is 0 Å². The van der Waals surface area contributed by atoms with Crippen molar-refractivity contribution >= 4 is 0 Å². The highest BCUT2D eigenvalue weighted by molar-refractivity contribution is 5.32. The minimum absolute atomic E-state index is 0.463. The van der Waals surface area contributed by atoms with E-state index >= 15 is 0 Å². The third-order valence-electron chi connectivity index (χ3n) is 8.45. The summed E-state index contributed by atoms with van der Waals surface area (Å²) >= 11 is 0. The average Bonchev–Trinajstić information content (AvgIpc) is 2.78. The molecular weight excluding hydrogens is 376 g/mol. The standard InChI is InChI=1S/C29H40N2/c1-22(31-21-29-17-23-14-24(18-29)16-25(15-23)19-29)20-30-13-12-28(26-8-4-2-5-9-26)27-10-6-3-7-11-27/h2-11,22-25,28,30-31H,12-21H2,1H3. The zero-order valence-corrected chi connectivity index (χ0v) is 19.2. The molecule has 0 heterocycles. The van der Waals surface area contributed by atoms with Crippen molar-refractivity contribution in [3.05, 3.63) is 71.8 Å². The van der Waals surface area contributed by atoms with Crippen LogP contribution in [0, 0.1) is 23.2 Å². The molecule has 6 rings (SSSR count). The fourth-order valence-corrected chi connectivity index (χ4v) is 7.43. The van der Waals surface area contributed by atoms with Gasteiger partial charge >= 0.3 is 0 Å². The Bertz CT molecular complexity index is 740. The van der Waals surface area contributed by atoms with Crippen LogP contribution in [0.5, 0.6) is 0 Å². The Morgan fingerprint density at radius 2 is 1.32 bits per heavy atom. The van der Waals surface area contributed by atoms with Gasteiger partial charge in [-0.15, -0.1) is 0 Å². The summed E-state index contributed by atoms with van der Waals surface area (Å²) in [5.41, 5.74) is 3.47. The predicted molar refractivity (Wildman–Crippen MR) is 130 cm³/mol. The maximum absolute atomic E-state index is 3.93. The molecule has 0 spiro atoms. The van der Waals surface area contributed by atoms with Crippen LogP contribution in [-0.2, 0) is 0 Å². The quantitative estimate of drug-likeness (QED) is 0.465. The molecule has 0 saturated heterocycles. The zero-order valence-electron chi connectivity index (χ0n) is 19.2. The Morgan fingerprint density at radius 1 is 0.806 bits per heavy atom. The highest BCUT2D eigenvalue weighted by atomic mass is 15.0. The van der Waals surface area contributed by atoms with Gasteiger partial charge in [0.05, 0.1) is 0 Å². The minimum Gasteiger partial charge on any atom is -0.315 e. The Kier molecular flexibility index (Phi) is 6.48. The second-order valence-electron chi connectivity index (χ2n) is 11.1. The van der Waals surface area contributed by atoms with E-state index in [2.05, 4.69) is 78.2 Å². The lowest BCUT2D eigenvalue weighted by Crippen LogP contribution is -2.52. The third kappa shape index (κ3) is 5.07. The summed E-state index contributed by atoms with van der Waals surface area (Å²) in [7, 11) is 0. The molecule has 2 aromatic carbocycles. The molecule has 0 radical (unpaired) electrons. The summed E-state index contributed by atoms with van der Waals surface area (Å²) in [6.07, 6.45) is 10.3. The van der Waals surface area contributed by atoms with Crippen molar-refractivity contribution in [3.63, 3.8) is 0 Å². The first-order valence-electron chi connectivity index (χ1n) is 12.7. The first kappa shape index (κ1) is 21.2. The van der Waals surface area contributed by atoms with E-state index in [0.29, 0.717) is 17.4 Å². The molecule has 1 atom stereocenters. The van der Waals surface area contributed by atoms with Gasteiger partial charge in [-0.25, -0.2) is 0 Å². The third-order valence-corrected chi connectivity index (χ3v) is 8.45. The summed E-state index contributed by atoms with van der Waals surface area (Å²) in [6, 6.07) is 22.5. The van der Waals surface area contributed by atoms with Crippen LogP contribution in [0.25, 0.3) is 0 Å². The molecular formula is C29H40N2. The summed E-state index contributed by atoms with van der Waals surface area (Å²) in [5.74, 6) is 3.61. The normalized spacial score (nSPS) is 30.1. The summed E-state index contributed by atoms with van der Waals surface area (Å²) in [4.78, 5) is 0. The van der Waals surface area contributed by atoms with Gasteiger partial charge in [-0.2, -0.15) is 0 Å². The molecule has 4 aliphatic carbocycles. The molecule has 2 aromatic rings. The highest BCUT2D eigenvalue weighted by Gasteiger charge is 2.50. The molecule has 2 heteroatoms. The van der Waals surface area contributed by atoms with Crippen LogP contribution in [0.1, 0.15) is 68.9 Å². The van der Waals surface area contributed by atoms with E-state index in [1.165, 1.54) is 36.9 Å². The summed E-state index contributed by atoms with van der Waals surface area (Å²) in [5, 5.41) is 7.68. The summed E-state index contributed by atoms with van der Waals surface area (Å²) < 4.78 is 0. The Hall–Kier alpha value is -1.64. The van der Waals surface area contributed by atoms with E-state index in [1.807, 2.05) is 0 Å². The van der Waals surface area contributed by atoms with Crippen LogP contribution >= 0.6 is 0 Å². The summed E-state index contributed by atoms with van der Waals surface area (Å²) in [6.45, 7) is 5.72. The molecule has 4 fully saturated rings. The van der Waals surface area contributed by atoms with E-state index in [0.717, 1.165) is 37.3 Å². The first-order chi connectivity index (χ1) is 15.2. The lowest BCUT2D eigenvalue weighted by Gasteiger charge is -2.57. The van der Waals surface area contributed by atoms with Crippen molar-refractivity contribution in [1.29, 1.82) is 0 Å². The molecule has 0 amide bonds. The van der Waals surface area contributed by atoms with Crippen LogP contribution in [0.3, 0.4) is 0 Å². The van der Waals surface area contributed by atoms with Gasteiger partial charge in [-0.1, -0.05) is 60.7 Å². The Morgan fingerprint density at radius 3 is 1.84 bits per heavy atom. The molecule has 166 valence electrons. The Balaban J connectivity index is 1.09. The molecule has 2 nitrogen and oxygen atoms in total. The van der Waals surface area contributed by atoms with Gasteiger partial charge in [-0.3, -0.25) is 0 Å². The number of nitrogens with one attached hydrogen (secondary N) is 2. The van der Waals surface area contributed by atoms with Gasteiger partial charge < -0.3 is 10.6 Å². The number of benzene rings is 2. The van der Waals surface area contributed by atoms with Gasteiger partial charge in [0.1, 0.15) is 0 Å². The van der Waals surface area contributed by atoms with Crippen molar-refractivity contribution in [2.24, 2.45) is 23.2 Å². The fraction of sp³-hybridized carbons (Fsp3) is 0.586. The van der Waals surface area contributed by atoms with Crippen LogP contribution in [0.2, 0.25) is 0 Å². The van der Waals surface area contributed by atoms with Gasteiger partial charge in [0.15, 0.2) is 0 Å². The maximum Gasteiger partial charge on any atom is 0.0164 e. The van der Waals surface area contributed by atoms with Crippen molar-refractivity contribution in [2.75, 3.05) is 19.6 Å². The molecule has 0 aliphatic heterocycles. The van der Waals surface area contributed by atoms with Gasteiger partial charge in [-0.05, 0) is 92.7 Å². The first-order valence-corrected chi connectivity index (χ1v) is 12.7. The van der Waals surface area contributed by atoms with E-state index in [1.54, 1.807) is 19.3 Å². The van der Waals surface area contributed by atoms with Crippen molar-refractivity contribution in [2.45, 2.75) is 63.8 Å². The second-order valence-corrected chi connectivity index (χ2v) is 11.1. The zero-order chi connectivity index (χ0) is 21.1. The second kappa shape index (κ2) is 9.46. The van der Waals surface area contributed by atoms with E-state index in [4.69, 9.17) is 0 Å². The molecule has 4 saturated carbocycles. The van der Waals surface area contributed by atoms with Crippen LogP contribution in [0.15, 0.2) is 60.7 Å². The number of rotatable bonds is 10. The van der Waals surface area contributed by atoms with Gasteiger partial charge in [0.2, 0.25) is 0 Å². The maximum atomic E-state index is 3.93.